The number of benzene rings is 3. The van der Waals surface area contributed by atoms with Crippen LogP contribution in [0.2, 0.25) is 5.02 Å². The minimum atomic E-state index is 0.393. The molecule has 0 radical (unpaired) electrons. The van der Waals surface area contributed by atoms with Crippen molar-refractivity contribution in [3.8, 4) is 22.7 Å². The number of nitrogens with zero attached hydrogens (tertiary/aromatic N) is 2. The Balaban J connectivity index is 1.67. The predicted molar refractivity (Wildman–Crippen MR) is 110 cm³/mol. The van der Waals surface area contributed by atoms with Crippen LogP contribution in [0.25, 0.3) is 16.9 Å². The molecule has 0 atom stereocenters. The van der Waals surface area contributed by atoms with E-state index in [1.165, 1.54) is 0 Å². The molecule has 5 heteroatoms. The maximum absolute atomic E-state index is 11.7. The highest BCUT2D eigenvalue weighted by molar-refractivity contribution is 6.30. The highest BCUT2D eigenvalue weighted by Crippen LogP contribution is 2.32. The lowest BCUT2D eigenvalue weighted by Gasteiger charge is -2.11. The summed E-state index contributed by atoms with van der Waals surface area (Å²) in [6.07, 6.45) is 2.55. The van der Waals surface area contributed by atoms with Crippen LogP contribution in [0.5, 0.6) is 5.75 Å². The Hall–Kier alpha value is -3.37. The molecule has 1 aromatic heterocycles. The fourth-order valence-corrected chi connectivity index (χ4v) is 3.05. The quantitative estimate of drug-likeness (QED) is 0.405. The normalized spacial score (nSPS) is 10.6. The molecule has 0 fully saturated rings. The maximum Gasteiger partial charge on any atom is 0.153 e. The van der Waals surface area contributed by atoms with Gasteiger partial charge >= 0.3 is 0 Å². The van der Waals surface area contributed by atoms with Gasteiger partial charge in [0, 0.05) is 16.8 Å². The van der Waals surface area contributed by atoms with Crippen molar-refractivity contribution in [1.29, 1.82) is 0 Å². The van der Waals surface area contributed by atoms with E-state index >= 15 is 0 Å². The molecule has 4 nitrogen and oxygen atoms in total. The topological polar surface area (TPSA) is 44.1 Å². The molecule has 3 aromatic carbocycles. The Morgan fingerprint density at radius 2 is 1.64 bits per heavy atom. The van der Waals surface area contributed by atoms with Gasteiger partial charge in [-0.3, -0.25) is 4.79 Å². The fourth-order valence-electron chi connectivity index (χ4n) is 2.93. The van der Waals surface area contributed by atoms with Crippen LogP contribution in [0.4, 0.5) is 0 Å². The molecule has 28 heavy (non-hydrogen) atoms. The number of rotatable bonds is 6. The van der Waals surface area contributed by atoms with Crippen molar-refractivity contribution in [3.05, 3.63) is 101 Å². The van der Waals surface area contributed by atoms with Crippen molar-refractivity contribution < 1.29 is 9.53 Å². The lowest BCUT2D eigenvalue weighted by atomic mass is 10.1. The van der Waals surface area contributed by atoms with Crippen molar-refractivity contribution in [2.24, 2.45) is 0 Å². The van der Waals surface area contributed by atoms with E-state index in [-0.39, 0.29) is 0 Å². The van der Waals surface area contributed by atoms with E-state index in [9.17, 15) is 4.79 Å². The summed E-state index contributed by atoms with van der Waals surface area (Å²) < 4.78 is 7.73. The van der Waals surface area contributed by atoms with E-state index in [2.05, 4.69) is 5.10 Å². The van der Waals surface area contributed by atoms with Crippen molar-refractivity contribution in [3.63, 3.8) is 0 Å². The molecule has 0 aliphatic heterocycles. The molecule has 1 heterocycles. The maximum atomic E-state index is 11.7. The highest BCUT2D eigenvalue weighted by atomic mass is 35.5. The molecule has 0 spiro atoms. The Kier molecular flexibility index (Phi) is 5.22. The van der Waals surface area contributed by atoms with Crippen LogP contribution in [-0.4, -0.2) is 16.1 Å². The van der Waals surface area contributed by atoms with Gasteiger partial charge in [0.05, 0.1) is 11.3 Å². The van der Waals surface area contributed by atoms with Gasteiger partial charge in [0.2, 0.25) is 0 Å². The minimum Gasteiger partial charge on any atom is -0.488 e. The third kappa shape index (κ3) is 3.82. The smallest absolute Gasteiger partial charge is 0.153 e. The number of ether oxygens (including phenoxy) is 1. The first-order valence-corrected chi connectivity index (χ1v) is 9.19. The second-order valence-electron chi connectivity index (χ2n) is 6.24. The molecular formula is C23H17ClN2O2. The highest BCUT2D eigenvalue weighted by Gasteiger charge is 2.16. The number of para-hydroxylation sites is 2. The first-order valence-electron chi connectivity index (χ1n) is 8.81. The number of carbonyl (C=O) groups excluding carboxylic acids is 1. The van der Waals surface area contributed by atoms with Crippen molar-refractivity contribution in [2.75, 3.05) is 0 Å². The lowest BCUT2D eigenvalue weighted by molar-refractivity contribution is 0.112. The molecule has 0 saturated carbocycles. The molecule has 4 aromatic rings. The molecule has 138 valence electrons. The first-order chi connectivity index (χ1) is 13.7. The Morgan fingerprint density at radius 1 is 0.929 bits per heavy atom. The van der Waals surface area contributed by atoms with Crippen LogP contribution in [0, 0.1) is 0 Å². The molecule has 0 aliphatic rings. The minimum absolute atomic E-state index is 0.393. The van der Waals surface area contributed by atoms with Crippen molar-refractivity contribution in [1.82, 2.24) is 9.78 Å². The zero-order valence-electron chi connectivity index (χ0n) is 15.0. The van der Waals surface area contributed by atoms with E-state index in [0.717, 1.165) is 23.1 Å². The van der Waals surface area contributed by atoms with E-state index < -0.39 is 0 Å². The van der Waals surface area contributed by atoms with Crippen LogP contribution >= 0.6 is 11.6 Å². The summed E-state index contributed by atoms with van der Waals surface area (Å²) in [5, 5.41) is 5.32. The largest absolute Gasteiger partial charge is 0.488 e. The number of carbonyl (C=O) groups is 1. The van der Waals surface area contributed by atoms with Gasteiger partial charge in [0.25, 0.3) is 0 Å². The van der Waals surface area contributed by atoms with Crippen LogP contribution < -0.4 is 4.74 Å². The van der Waals surface area contributed by atoms with Crippen molar-refractivity contribution >= 4 is 17.9 Å². The fraction of sp³-hybridized carbons (Fsp3) is 0.0435. The van der Waals surface area contributed by atoms with Crippen molar-refractivity contribution in [2.45, 2.75) is 6.61 Å². The lowest BCUT2D eigenvalue weighted by Crippen LogP contribution is -1.98. The second kappa shape index (κ2) is 8.11. The van der Waals surface area contributed by atoms with Crippen LogP contribution in [0.3, 0.4) is 0 Å². The zero-order valence-corrected chi connectivity index (χ0v) is 15.7. The molecule has 0 bridgehead atoms. The Bertz CT molecular complexity index is 1090. The van der Waals surface area contributed by atoms with Gasteiger partial charge < -0.3 is 4.74 Å². The summed E-state index contributed by atoms with van der Waals surface area (Å²) in [7, 11) is 0. The monoisotopic (exact) mass is 388 g/mol. The number of halogens is 1. The number of aldehydes is 1. The second-order valence-corrected chi connectivity index (χ2v) is 6.68. The average Bonchev–Trinajstić information content (AvgIpc) is 3.18. The van der Waals surface area contributed by atoms with Gasteiger partial charge in [-0.25, -0.2) is 4.68 Å². The van der Waals surface area contributed by atoms with Gasteiger partial charge in [0.15, 0.2) is 6.29 Å². The molecule has 0 aliphatic carbocycles. The molecule has 0 saturated heterocycles. The number of hydrogen-bond donors (Lipinski definition) is 0. The molecule has 4 rings (SSSR count). The van der Waals surface area contributed by atoms with E-state index in [4.69, 9.17) is 16.3 Å². The molecular weight excluding hydrogens is 372 g/mol. The van der Waals surface area contributed by atoms with E-state index in [1.54, 1.807) is 10.9 Å². The standard InChI is InChI=1S/C23H17ClN2O2/c24-19-12-10-17(11-13-19)16-28-22-9-5-4-8-21(22)23-18(15-27)14-26(25-23)20-6-2-1-3-7-20/h1-15H,16H2. The summed E-state index contributed by atoms with van der Waals surface area (Å²) in [4.78, 5) is 11.7. The van der Waals surface area contributed by atoms with Gasteiger partial charge in [-0.15, -0.1) is 0 Å². The zero-order chi connectivity index (χ0) is 19.3. The van der Waals surface area contributed by atoms with Crippen LogP contribution in [-0.2, 0) is 6.61 Å². The van der Waals surface area contributed by atoms with Crippen LogP contribution in [0.1, 0.15) is 15.9 Å². The average molecular weight is 389 g/mol. The van der Waals surface area contributed by atoms with E-state index in [1.807, 2.05) is 78.9 Å². The van der Waals surface area contributed by atoms with Gasteiger partial charge in [-0.1, -0.05) is 54.1 Å². The molecule has 0 N–H and O–H groups in total. The van der Waals surface area contributed by atoms with Gasteiger partial charge in [0.1, 0.15) is 18.1 Å². The number of aromatic nitrogens is 2. The molecule has 0 amide bonds. The Morgan fingerprint density at radius 3 is 2.39 bits per heavy atom. The third-order valence-electron chi connectivity index (χ3n) is 4.34. The SMILES string of the molecule is O=Cc1cn(-c2ccccc2)nc1-c1ccccc1OCc1ccc(Cl)cc1. The Labute approximate surface area is 168 Å². The summed E-state index contributed by atoms with van der Waals surface area (Å²) in [6, 6.07) is 24.8. The predicted octanol–water partition coefficient (Wildman–Crippen LogP) is 5.58. The summed E-state index contributed by atoms with van der Waals surface area (Å²) >= 11 is 5.94. The molecule has 0 unspecified atom stereocenters. The summed E-state index contributed by atoms with van der Waals surface area (Å²) in [5.41, 5.74) is 3.76. The first kappa shape index (κ1) is 18.0. The van der Waals surface area contributed by atoms with Gasteiger partial charge in [-0.05, 0) is 42.0 Å². The van der Waals surface area contributed by atoms with Crippen LogP contribution in [0.15, 0.2) is 85.1 Å². The summed E-state index contributed by atoms with van der Waals surface area (Å²) in [5.74, 6) is 0.666. The van der Waals surface area contributed by atoms with E-state index in [0.29, 0.717) is 28.6 Å². The third-order valence-corrected chi connectivity index (χ3v) is 4.59. The number of hydrogen-bond acceptors (Lipinski definition) is 3. The summed E-state index contributed by atoms with van der Waals surface area (Å²) in [6.45, 7) is 0.393. The van der Waals surface area contributed by atoms with Gasteiger partial charge in [-0.2, -0.15) is 5.10 Å².